The lowest BCUT2D eigenvalue weighted by molar-refractivity contribution is -0.153. The van der Waals surface area contributed by atoms with Gasteiger partial charge < -0.3 is 20.7 Å². The number of hydrogen-bond acceptors (Lipinski definition) is 8. The highest BCUT2D eigenvalue weighted by molar-refractivity contribution is 8.13. The van der Waals surface area contributed by atoms with Gasteiger partial charge in [0, 0.05) is 12.7 Å². The number of carbonyl (C=O) groups is 5. The summed E-state index contributed by atoms with van der Waals surface area (Å²) in [5.41, 5.74) is 0.579. The molecule has 1 aromatic rings. The molecule has 3 atom stereocenters. The fraction of sp³-hybridized carbons (Fsp3) is 0.520. The normalized spacial score (nSPS) is 22.1. The number of amides is 3. The summed E-state index contributed by atoms with van der Waals surface area (Å²) in [6, 6.07) is 2.98. The molecule has 3 amide bonds. The van der Waals surface area contributed by atoms with Crippen LogP contribution in [0, 0.1) is 5.92 Å². The Hall–Kier alpha value is -3.21. The minimum Gasteiger partial charge on any atom is -0.456 e. The highest BCUT2D eigenvalue weighted by Crippen LogP contribution is 2.12. The first-order chi connectivity index (χ1) is 17.1. The van der Waals surface area contributed by atoms with Crippen molar-refractivity contribution < 1.29 is 28.7 Å². The number of carbonyl (C=O) groups excluding carboxylic acids is 5. The number of pyridine rings is 1. The summed E-state index contributed by atoms with van der Waals surface area (Å²) in [6.07, 6.45) is 3.23. The van der Waals surface area contributed by atoms with Gasteiger partial charge in [-0.3, -0.25) is 19.2 Å². The molecule has 1 aliphatic rings. The molecule has 36 heavy (non-hydrogen) atoms. The number of rotatable bonds is 6. The average molecular weight is 519 g/mol. The summed E-state index contributed by atoms with van der Waals surface area (Å²) >= 11 is 1.18. The second-order valence-corrected chi connectivity index (χ2v) is 9.96. The Labute approximate surface area is 215 Å². The maximum absolute atomic E-state index is 13.0. The Morgan fingerprint density at radius 2 is 1.97 bits per heavy atom. The van der Waals surface area contributed by atoms with Crippen LogP contribution in [-0.4, -0.2) is 57.7 Å². The molecule has 0 saturated heterocycles. The van der Waals surface area contributed by atoms with E-state index in [-0.39, 0.29) is 35.6 Å². The van der Waals surface area contributed by atoms with Crippen molar-refractivity contribution in [3.8, 4) is 0 Å². The Balaban J connectivity index is 2.31. The third kappa shape index (κ3) is 9.44. The van der Waals surface area contributed by atoms with Crippen LogP contribution in [0.2, 0.25) is 0 Å². The highest BCUT2D eigenvalue weighted by atomic mass is 32.2. The molecule has 196 valence electrons. The number of aromatic nitrogens is 1. The van der Waals surface area contributed by atoms with Gasteiger partial charge in [-0.1, -0.05) is 44.7 Å². The lowest BCUT2D eigenvalue weighted by atomic mass is 10.0. The van der Waals surface area contributed by atoms with E-state index in [0.717, 1.165) is 0 Å². The standard InChI is InChI=1S/C25H34N4O6S/c1-5-19-23(32)29-22(15(2)3)25(34)35-18(10-6-7-12-36-16(4)30)13-21(31)26-14-17-9-8-11-20(27-17)24(33)28-19/h6,8-11,15,18-19,22H,5,7,12-14H2,1-4H3,(H,26,31)(H,28,33)(H,29,32)/b10-6+/t18-,19?,22+/m1/s1. The molecule has 0 fully saturated rings. The number of fused-ring (bicyclic) bond motifs is 2. The van der Waals surface area contributed by atoms with Gasteiger partial charge in [0.2, 0.25) is 11.8 Å². The zero-order valence-corrected chi connectivity index (χ0v) is 21.9. The number of ether oxygens (including phenoxy) is 1. The summed E-state index contributed by atoms with van der Waals surface area (Å²) in [5.74, 6) is -1.85. The van der Waals surface area contributed by atoms with Crippen LogP contribution in [0.3, 0.4) is 0 Å². The number of esters is 1. The molecular weight excluding hydrogens is 484 g/mol. The van der Waals surface area contributed by atoms with Gasteiger partial charge in [0.1, 0.15) is 23.9 Å². The summed E-state index contributed by atoms with van der Waals surface area (Å²) < 4.78 is 5.63. The van der Waals surface area contributed by atoms with Crippen molar-refractivity contribution >= 4 is 40.6 Å². The Bertz CT molecular complexity index is 997. The fourth-order valence-corrected chi connectivity index (χ4v) is 3.92. The van der Waals surface area contributed by atoms with Crippen LogP contribution in [0.25, 0.3) is 0 Å². The number of nitrogens with one attached hydrogen (secondary N) is 3. The minimum absolute atomic E-state index is 0.00804. The van der Waals surface area contributed by atoms with E-state index in [1.165, 1.54) is 24.8 Å². The van der Waals surface area contributed by atoms with Crippen LogP contribution in [0.15, 0.2) is 30.4 Å². The van der Waals surface area contributed by atoms with Crippen molar-refractivity contribution in [3.63, 3.8) is 0 Å². The molecule has 10 nitrogen and oxygen atoms in total. The monoisotopic (exact) mass is 518 g/mol. The second kappa shape index (κ2) is 14.4. The van der Waals surface area contributed by atoms with E-state index < -0.39 is 36.0 Å². The maximum Gasteiger partial charge on any atom is 0.329 e. The van der Waals surface area contributed by atoms with Crippen LogP contribution < -0.4 is 16.0 Å². The van der Waals surface area contributed by atoms with Crippen LogP contribution >= 0.6 is 11.8 Å². The summed E-state index contributed by atoms with van der Waals surface area (Å²) in [7, 11) is 0. The van der Waals surface area contributed by atoms with Crippen molar-refractivity contribution in [2.45, 2.75) is 71.7 Å². The smallest absolute Gasteiger partial charge is 0.329 e. The lowest BCUT2D eigenvalue weighted by Crippen LogP contribution is -2.53. The zero-order valence-electron chi connectivity index (χ0n) is 21.0. The van der Waals surface area contributed by atoms with Crippen molar-refractivity contribution in [3.05, 3.63) is 41.7 Å². The largest absolute Gasteiger partial charge is 0.456 e. The van der Waals surface area contributed by atoms with Crippen molar-refractivity contribution in [2.24, 2.45) is 5.92 Å². The van der Waals surface area contributed by atoms with Gasteiger partial charge in [-0.25, -0.2) is 9.78 Å². The number of thioether (sulfide) groups is 1. The Morgan fingerprint density at radius 1 is 1.22 bits per heavy atom. The Kier molecular flexibility index (Phi) is 11.6. The van der Waals surface area contributed by atoms with Gasteiger partial charge in [0.05, 0.1) is 18.7 Å². The highest BCUT2D eigenvalue weighted by Gasteiger charge is 2.31. The predicted octanol–water partition coefficient (Wildman–Crippen LogP) is 1.89. The zero-order chi connectivity index (χ0) is 26.7. The first-order valence-corrected chi connectivity index (χ1v) is 12.9. The molecular formula is C25H34N4O6S. The third-order valence-corrected chi connectivity index (χ3v) is 6.20. The molecule has 2 heterocycles. The van der Waals surface area contributed by atoms with Gasteiger partial charge in [-0.2, -0.15) is 0 Å². The molecule has 2 bridgehead atoms. The van der Waals surface area contributed by atoms with Crippen LogP contribution in [0.4, 0.5) is 0 Å². The van der Waals surface area contributed by atoms with E-state index in [2.05, 4.69) is 20.9 Å². The number of nitrogens with zero attached hydrogens (tertiary/aromatic N) is 1. The van der Waals surface area contributed by atoms with Crippen molar-refractivity contribution in [2.75, 3.05) is 5.75 Å². The Morgan fingerprint density at radius 3 is 2.64 bits per heavy atom. The predicted molar refractivity (Wildman–Crippen MR) is 136 cm³/mol. The van der Waals surface area contributed by atoms with Crippen molar-refractivity contribution in [1.29, 1.82) is 0 Å². The SMILES string of the molecule is CCC1NC(=O)c2cccc(n2)CNC(=O)C[C@@H](/C=C/CCSC(C)=O)OC(=O)[C@H](C(C)C)NC1=O. The van der Waals surface area contributed by atoms with E-state index in [1.54, 1.807) is 45.1 Å². The molecule has 0 radical (unpaired) electrons. The van der Waals surface area contributed by atoms with Gasteiger partial charge in [-0.15, -0.1) is 0 Å². The molecule has 1 aliphatic heterocycles. The number of cyclic esters (lactones) is 1. The van der Waals surface area contributed by atoms with Crippen LogP contribution in [-0.2, 0) is 30.5 Å². The minimum atomic E-state index is -0.981. The number of hydrogen-bond donors (Lipinski definition) is 3. The topological polar surface area (TPSA) is 144 Å². The molecule has 0 aromatic carbocycles. The molecule has 3 N–H and O–H groups in total. The quantitative estimate of drug-likeness (QED) is 0.294. The van der Waals surface area contributed by atoms with Crippen LogP contribution in [0.1, 0.15) is 63.1 Å². The first kappa shape index (κ1) is 29.0. The van der Waals surface area contributed by atoms with Crippen LogP contribution in [0.5, 0.6) is 0 Å². The lowest BCUT2D eigenvalue weighted by Gasteiger charge is -2.26. The first-order valence-electron chi connectivity index (χ1n) is 11.9. The van der Waals surface area contributed by atoms with E-state index in [0.29, 0.717) is 24.3 Å². The summed E-state index contributed by atoms with van der Waals surface area (Å²) in [4.78, 5) is 66.7. The van der Waals surface area contributed by atoms with E-state index in [9.17, 15) is 24.0 Å². The molecule has 0 saturated carbocycles. The molecule has 0 aliphatic carbocycles. The van der Waals surface area contributed by atoms with E-state index in [4.69, 9.17) is 4.74 Å². The fourth-order valence-electron chi connectivity index (χ4n) is 3.38. The van der Waals surface area contributed by atoms with Gasteiger partial charge >= 0.3 is 5.97 Å². The second-order valence-electron chi connectivity index (χ2n) is 8.69. The number of allylic oxidation sites excluding steroid dienone is 1. The maximum atomic E-state index is 13.0. The van der Waals surface area contributed by atoms with Gasteiger partial charge in [0.25, 0.3) is 5.91 Å². The average Bonchev–Trinajstić information content (AvgIpc) is 2.83. The van der Waals surface area contributed by atoms with Crippen molar-refractivity contribution in [1.82, 2.24) is 20.9 Å². The molecule has 0 spiro atoms. The van der Waals surface area contributed by atoms with Gasteiger partial charge in [0.15, 0.2) is 5.12 Å². The van der Waals surface area contributed by atoms with E-state index >= 15 is 0 Å². The molecule has 2 rings (SSSR count). The molecule has 1 aromatic heterocycles. The molecule has 1 unspecified atom stereocenters. The van der Waals surface area contributed by atoms with E-state index in [1.807, 2.05) is 0 Å². The summed E-state index contributed by atoms with van der Waals surface area (Å²) in [6.45, 7) is 6.83. The molecule has 11 heteroatoms. The summed E-state index contributed by atoms with van der Waals surface area (Å²) in [5, 5.41) is 8.08. The third-order valence-electron chi connectivity index (χ3n) is 5.35. The van der Waals surface area contributed by atoms with Gasteiger partial charge in [-0.05, 0) is 37.0 Å².